The molecule has 0 aliphatic heterocycles. The van der Waals surface area contributed by atoms with E-state index in [0.29, 0.717) is 0 Å². The standard InChI is InChI=1S/C8H8O6/c9-4-7(12)2-5(10)1-6(11)3-8(13)14/h4H,1-3H2,(H,13,14). The van der Waals surface area contributed by atoms with Crippen molar-refractivity contribution in [3.05, 3.63) is 0 Å². The molecule has 0 unspecified atom stereocenters. The van der Waals surface area contributed by atoms with Crippen LogP contribution in [0.15, 0.2) is 0 Å². The first-order valence-corrected chi connectivity index (χ1v) is 3.69. The number of hydrogen-bond acceptors (Lipinski definition) is 5. The molecule has 0 amide bonds. The van der Waals surface area contributed by atoms with Crippen LogP contribution >= 0.6 is 0 Å². The number of carbonyl (C=O) groups is 5. The third kappa shape index (κ3) is 5.76. The molecule has 0 aromatic heterocycles. The van der Waals surface area contributed by atoms with E-state index in [1.807, 2.05) is 0 Å². The number of Topliss-reactive ketones (excluding diaryl/α,β-unsaturated/α-hetero) is 3. The zero-order valence-electron chi connectivity index (χ0n) is 7.19. The molecule has 0 bridgehead atoms. The van der Waals surface area contributed by atoms with Crippen molar-refractivity contribution in [2.45, 2.75) is 19.3 Å². The zero-order valence-corrected chi connectivity index (χ0v) is 7.19. The first-order chi connectivity index (χ1) is 6.45. The quantitative estimate of drug-likeness (QED) is 0.326. The summed E-state index contributed by atoms with van der Waals surface area (Å²) in [7, 11) is 0. The fourth-order valence-electron chi connectivity index (χ4n) is 0.750. The number of hydrogen-bond donors (Lipinski definition) is 1. The second-order valence-corrected chi connectivity index (χ2v) is 2.59. The van der Waals surface area contributed by atoms with E-state index >= 15 is 0 Å². The molecule has 0 aromatic rings. The lowest BCUT2D eigenvalue weighted by molar-refractivity contribution is -0.140. The van der Waals surface area contributed by atoms with Gasteiger partial charge in [0.05, 0.1) is 12.8 Å². The van der Waals surface area contributed by atoms with Crippen LogP contribution in [0, 0.1) is 0 Å². The summed E-state index contributed by atoms with van der Waals surface area (Å²) in [4.78, 5) is 51.8. The van der Waals surface area contributed by atoms with E-state index in [2.05, 4.69) is 0 Å². The summed E-state index contributed by atoms with van der Waals surface area (Å²) in [5, 5.41) is 8.17. The van der Waals surface area contributed by atoms with Crippen LogP contribution < -0.4 is 0 Å². The Kier molecular flexibility index (Phi) is 4.98. The van der Waals surface area contributed by atoms with Gasteiger partial charge in [0, 0.05) is 0 Å². The molecule has 0 saturated heterocycles. The molecule has 0 fully saturated rings. The van der Waals surface area contributed by atoms with Crippen molar-refractivity contribution in [1.29, 1.82) is 0 Å². The molecule has 14 heavy (non-hydrogen) atoms. The van der Waals surface area contributed by atoms with Gasteiger partial charge in [-0.3, -0.25) is 24.0 Å². The number of carboxylic acids is 1. The summed E-state index contributed by atoms with van der Waals surface area (Å²) in [5.41, 5.74) is 0. The summed E-state index contributed by atoms with van der Waals surface area (Å²) >= 11 is 0. The normalized spacial score (nSPS) is 9.14. The Morgan fingerprint density at radius 2 is 1.43 bits per heavy atom. The number of carboxylic acid groups (broad SMARTS) is 1. The number of rotatable bonds is 7. The van der Waals surface area contributed by atoms with Crippen molar-refractivity contribution in [2.75, 3.05) is 0 Å². The zero-order chi connectivity index (χ0) is 11.1. The predicted molar refractivity (Wildman–Crippen MR) is 42.6 cm³/mol. The first-order valence-electron chi connectivity index (χ1n) is 3.69. The molecule has 0 aliphatic carbocycles. The third-order valence-electron chi connectivity index (χ3n) is 1.25. The van der Waals surface area contributed by atoms with Crippen LogP contribution in [0.3, 0.4) is 0 Å². The van der Waals surface area contributed by atoms with Gasteiger partial charge < -0.3 is 5.11 Å². The summed E-state index contributed by atoms with van der Waals surface area (Å²) in [6.45, 7) is 0. The van der Waals surface area contributed by atoms with Crippen molar-refractivity contribution in [1.82, 2.24) is 0 Å². The van der Waals surface area contributed by atoms with Gasteiger partial charge in [-0.05, 0) is 0 Å². The maximum atomic E-state index is 10.8. The number of aliphatic carboxylic acids is 1. The van der Waals surface area contributed by atoms with Gasteiger partial charge in [-0.25, -0.2) is 0 Å². The summed E-state index contributed by atoms with van der Waals surface area (Å²) < 4.78 is 0. The van der Waals surface area contributed by atoms with Gasteiger partial charge >= 0.3 is 5.97 Å². The van der Waals surface area contributed by atoms with E-state index in [4.69, 9.17) is 5.11 Å². The molecule has 6 nitrogen and oxygen atoms in total. The average Bonchev–Trinajstić information content (AvgIpc) is 2.01. The van der Waals surface area contributed by atoms with Gasteiger partial charge in [-0.15, -0.1) is 0 Å². The molecule has 0 heterocycles. The van der Waals surface area contributed by atoms with Crippen LogP contribution in [0.5, 0.6) is 0 Å². The summed E-state index contributed by atoms with van der Waals surface area (Å²) in [5.74, 6) is -3.77. The van der Waals surface area contributed by atoms with Crippen molar-refractivity contribution < 1.29 is 29.1 Å². The van der Waals surface area contributed by atoms with Gasteiger partial charge in [0.1, 0.15) is 12.2 Å². The molecule has 0 saturated carbocycles. The Morgan fingerprint density at radius 1 is 0.929 bits per heavy atom. The van der Waals surface area contributed by atoms with Crippen LogP contribution in [0.25, 0.3) is 0 Å². The molecule has 76 valence electrons. The average molecular weight is 200 g/mol. The fraction of sp³-hybridized carbons (Fsp3) is 0.375. The van der Waals surface area contributed by atoms with Gasteiger partial charge in [0.15, 0.2) is 12.1 Å². The number of carbonyl (C=O) groups excluding carboxylic acids is 4. The molecule has 0 rings (SSSR count). The maximum Gasteiger partial charge on any atom is 0.310 e. The lowest BCUT2D eigenvalue weighted by atomic mass is 10.1. The van der Waals surface area contributed by atoms with E-state index in [1.54, 1.807) is 0 Å². The lowest BCUT2D eigenvalue weighted by Gasteiger charge is -1.94. The minimum atomic E-state index is -1.33. The Hall–Kier alpha value is -1.85. The SMILES string of the molecule is O=CC(=O)CC(=O)CC(=O)CC(=O)O. The second kappa shape index (κ2) is 5.74. The van der Waals surface area contributed by atoms with Gasteiger partial charge in [0.2, 0.25) is 5.78 Å². The summed E-state index contributed by atoms with van der Waals surface area (Å²) in [6, 6.07) is 0. The van der Waals surface area contributed by atoms with Crippen LogP contribution in [-0.2, 0) is 24.0 Å². The maximum absolute atomic E-state index is 10.8. The van der Waals surface area contributed by atoms with Crippen LogP contribution in [0.4, 0.5) is 0 Å². The lowest BCUT2D eigenvalue weighted by Crippen LogP contribution is -2.15. The highest BCUT2D eigenvalue weighted by molar-refractivity contribution is 6.30. The molecule has 6 heteroatoms. The van der Waals surface area contributed by atoms with E-state index < -0.39 is 42.6 Å². The number of ketones is 3. The molecule has 1 N–H and O–H groups in total. The van der Waals surface area contributed by atoms with Crippen molar-refractivity contribution in [3.63, 3.8) is 0 Å². The molecular weight excluding hydrogens is 192 g/mol. The molecule has 0 aromatic carbocycles. The molecular formula is C8H8O6. The van der Waals surface area contributed by atoms with E-state index in [9.17, 15) is 24.0 Å². The van der Waals surface area contributed by atoms with Gasteiger partial charge in [-0.1, -0.05) is 0 Å². The molecule has 0 aliphatic rings. The van der Waals surface area contributed by atoms with Crippen molar-refractivity contribution >= 4 is 29.6 Å². The van der Waals surface area contributed by atoms with Crippen LogP contribution in [0.2, 0.25) is 0 Å². The highest BCUT2D eigenvalue weighted by atomic mass is 16.4. The van der Waals surface area contributed by atoms with Gasteiger partial charge in [-0.2, -0.15) is 0 Å². The largest absolute Gasteiger partial charge is 0.481 e. The Morgan fingerprint density at radius 3 is 1.86 bits per heavy atom. The molecule has 0 atom stereocenters. The smallest absolute Gasteiger partial charge is 0.310 e. The monoisotopic (exact) mass is 200 g/mol. The Bertz CT molecular complexity index is 290. The number of aldehydes is 1. The fourth-order valence-corrected chi connectivity index (χ4v) is 0.750. The van der Waals surface area contributed by atoms with Crippen LogP contribution in [0.1, 0.15) is 19.3 Å². The van der Waals surface area contributed by atoms with Crippen molar-refractivity contribution in [3.8, 4) is 0 Å². The second-order valence-electron chi connectivity index (χ2n) is 2.59. The molecule has 0 spiro atoms. The Labute approximate surface area is 78.9 Å². The third-order valence-corrected chi connectivity index (χ3v) is 1.25. The van der Waals surface area contributed by atoms with E-state index in [-0.39, 0.29) is 6.29 Å². The molecule has 0 radical (unpaired) electrons. The van der Waals surface area contributed by atoms with Crippen molar-refractivity contribution in [2.24, 2.45) is 0 Å². The minimum absolute atomic E-state index is 0.0143. The van der Waals surface area contributed by atoms with E-state index in [0.717, 1.165) is 0 Å². The topological polar surface area (TPSA) is 106 Å². The predicted octanol–water partition coefficient (Wildman–Crippen LogP) is -0.853. The van der Waals surface area contributed by atoms with Crippen LogP contribution in [-0.4, -0.2) is 34.7 Å². The highest BCUT2D eigenvalue weighted by Crippen LogP contribution is 1.95. The highest BCUT2D eigenvalue weighted by Gasteiger charge is 2.15. The Balaban J connectivity index is 3.94. The van der Waals surface area contributed by atoms with E-state index in [1.165, 1.54) is 0 Å². The minimum Gasteiger partial charge on any atom is -0.481 e. The first kappa shape index (κ1) is 12.2. The van der Waals surface area contributed by atoms with Gasteiger partial charge in [0.25, 0.3) is 0 Å². The summed E-state index contributed by atoms with van der Waals surface area (Å²) in [6.07, 6.45) is -2.03.